The zero-order valence-electron chi connectivity index (χ0n) is 15.8. The van der Waals surface area contributed by atoms with Crippen LogP contribution in [0.4, 0.5) is 0 Å². The van der Waals surface area contributed by atoms with Gasteiger partial charge in [0.05, 0.1) is 12.8 Å². The van der Waals surface area contributed by atoms with Crippen LogP contribution in [0.3, 0.4) is 0 Å². The SMILES string of the molecule is COc1ccc(-n2c(Sc3ccc(C#N)nn3)nnc2-c2ccc(C)cc2)cc1. The number of nitriles is 1. The molecule has 0 amide bonds. The van der Waals surface area contributed by atoms with E-state index in [0.29, 0.717) is 10.2 Å². The van der Waals surface area contributed by atoms with Crippen LogP contribution in [0.5, 0.6) is 5.75 Å². The topological polar surface area (TPSA) is 89.5 Å². The van der Waals surface area contributed by atoms with Crippen LogP contribution in [0.1, 0.15) is 11.3 Å². The summed E-state index contributed by atoms with van der Waals surface area (Å²) < 4.78 is 7.24. The zero-order chi connectivity index (χ0) is 20.2. The van der Waals surface area contributed by atoms with E-state index in [1.807, 2.05) is 66.1 Å². The van der Waals surface area contributed by atoms with E-state index in [0.717, 1.165) is 22.8 Å². The fourth-order valence-electron chi connectivity index (χ4n) is 2.72. The lowest BCUT2D eigenvalue weighted by atomic mass is 10.1. The Morgan fingerprint density at radius 2 is 1.66 bits per heavy atom. The van der Waals surface area contributed by atoms with Crippen LogP contribution in [0.15, 0.2) is 70.8 Å². The van der Waals surface area contributed by atoms with Crippen molar-refractivity contribution in [2.24, 2.45) is 0 Å². The lowest BCUT2D eigenvalue weighted by Gasteiger charge is -2.11. The molecule has 2 aromatic heterocycles. The Labute approximate surface area is 172 Å². The maximum absolute atomic E-state index is 8.91. The van der Waals surface area contributed by atoms with E-state index in [1.165, 1.54) is 17.3 Å². The highest BCUT2D eigenvalue weighted by Crippen LogP contribution is 2.31. The molecule has 142 valence electrons. The fraction of sp³-hybridized carbons (Fsp3) is 0.0952. The van der Waals surface area contributed by atoms with Gasteiger partial charge in [0.1, 0.15) is 16.8 Å². The van der Waals surface area contributed by atoms with E-state index in [2.05, 4.69) is 20.4 Å². The van der Waals surface area contributed by atoms with Gasteiger partial charge in [0.15, 0.2) is 11.5 Å². The molecule has 0 aliphatic rings. The third-order valence-electron chi connectivity index (χ3n) is 4.22. The Morgan fingerprint density at radius 1 is 0.897 bits per heavy atom. The predicted molar refractivity (Wildman–Crippen MR) is 109 cm³/mol. The minimum Gasteiger partial charge on any atom is -0.497 e. The van der Waals surface area contributed by atoms with E-state index in [9.17, 15) is 0 Å². The molecule has 0 aliphatic carbocycles. The number of aryl methyl sites for hydroxylation is 1. The maximum Gasteiger partial charge on any atom is 0.202 e. The number of hydrogen-bond acceptors (Lipinski definition) is 7. The summed E-state index contributed by atoms with van der Waals surface area (Å²) in [6.07, 6.45) is 0. The number of aromatic nitrogens is 5. The molecule has 4 aromatic rings. The fourth-order valence-corrected chi connectivity index (χ4v) is 3.49. The molecule has 0 radical (unpaired) electrons. The Kier molecular flexibility index (Phi) is 5.22. The molecule has 0 saturated heterocycles. The van der Waals surface area contributed by atoms with E-state index in [-0.39, 0.29) is 5.69 Å². The number of ether oxygens (including phenoxy) is 1. The van der Waals surface area contributed by atoms with E-state index in [4.69, 9.17) is 10.00 Å². The van der Waals surface area contributed by atoms with Crippen LogP contribution in [-0.2, 0) is 0 Å². The van der Waals surface area contributed by atoms with Crippen molar-refractivity contribution in [2.45, 2.75) is 17.1 Å². The lowest BCUT2D eigenvalue weighted by molar-refractivity contribution is 0.414. The second-order valence-electron chi connectivity index (χ2n) is 6.18. The molecule has 2 aromatic carbocycles. The third kappa shape index (κ3) is 3.95. The Balaban J connectivity index is 1.79. The second kappa shape index (κ2) is 8.12. The average molecular weight is 400 g/mol. The Morgan fingerprint density at radius 3 is 2.28 bits per heavy atom. The van der Waals surface area contributed by atoms with Gasteiger partial charge in [0.2, 0.25) is 5.16 Å². The second-order valence-corrected chi connectivity index (χ2v) is 7.16. The van der Waals surface area contributed by atoms with Crippen molar-refractivity contribution in [3.63, 3.8) is 0 Å². The third-order valence-corrected chi connectivity index (χ3v) is 5.10. The molecule has 0 fully saturated rings. The minimum absolute atomic E-state index is 0.270. The van der Waals surface area contributed by atoms with Crippen LogP contribution in [0.2, 0.25) is 0 Å². The number of rotatable bonds is 5. The van der Waals surface area contributed by atoms with Gasteiger partial charge in [0.25, 0.3) is 0 Å². The van der Waals surface area contributed by atoms with Gasteiger partial charge in [0, 0.05) is 5.56 Å². The van der Waals surface area contributed by atoms with Crippen LogP contribution >= 0.6 is 11.8 Å². The molecule has 29 heavy (non-hydrogen) atoms. The highest BCUT2D eigenvalue weighted by Gasteiger charge is 2.17. The minimum atomic E-state index is 0.270. The van der Waals surface area contributed by atoms with E-state index < -0.39 is 0 Å². The van der Waals surface area contributed by atoms with Crippen LogP contribution in [-0.4, -0.2) is 32.1 Å². The first-order valence-corrected chi connectivity index (χ1v) is 9.58. The quantitative estimate of drug-likeness (QED) is 0.499. The summed E-state index contributed by atoms with van der Waals surface area (Å²) in [6, 6.07) is 21.2. The summed E-state index contributed by atoms with van der Waals surface area (Å²) in [5.74, 6) is 1.49. The molecule has 0 unspecified atom stereocenters. The van der Waals surface area contributed by atoms with Crippen molar-refractivity contribution in [3.8, 4) is 28.9 Å². The Bertz CT molecular complexity index is 1160. The van der Waals surface area contributed by atoms with Crippen molar-refractivity contribution in [1.29, 1.82) is 5.26 Å². The lowest BCUT2D eigenvalue weighted by Crippen LogP contribution is -2.00. The molecule has 0 saturated carbocycles. The van der Waals surface area contributed by atoms with Gasteiger partial charge >= 0.3 is 0 Å². The van der Waals surface area contributed by atoms with Gasteiger partial charge in [-0.05, 0) is 55.1 Å². The first-order chi connectivity index (χ1) is 14.2. The maximum atomic E-state index is 8.91. The zero-order valence-corrected chi connectivity index (χ0v) is 16.6. The highest BCUT2D eigenvalue weighted by atomic mass is 32.2. The standard InChI is InChI=1S/C21H16N6OS/c1-14-3-5-15(6-4-14)20-25-26-21(29-19-12-7-16(13-22)23-24-19)27(20)17-8-10-18(28-2)11-9-17/h3-12H,1-2H3. The van der Waals surface area contributed by atoms with Crippen LogP contribution < -0.4 is 4.74 Å². The number of nitrogens with zero attached hydrogens (tertiary/aromatic N) is 6. The van der Waals surface area contributed by atoms with Gasteiger partial charge in [-0.25, -0.2) is 0 Å². The van der Waals surface area contributed by atoms with Gasteiger partial charge in [-0.15, -0.1) is 20.4 Å². The summed E-state index contributed by atoms with van der Waals surface area (Å²) in [5.41, 5.74) is 3.30. The molecule has 2 heterocycles. The molecule has 0 atom stereocenters. The van der Waals surface area contributed by atoms with Gasteiger partial charge in [-0.2, -0.15) is 5.26 Å². The highest BCUT2D eigenvalue weighted by molar-refractivity contribution is 7.99. The normalized spacial score (nSPS) is 10.5. The monoisotopic (exact) mass is 400 g/mol. The van der Waals surface area contributed by atoms with Crippen molar-refractivity contribution in [2.75, 3.05) is 7.11 Å². The summed E-state index contributed by atoms with van der Waals surface area (Å²) in [4.78, 5) is 0. The van der Waals surface area contributed by atoms with Crippen molar-refractivity contribution < 1.29 is 4.74 Å². The average Bonchev–Trinajstić information content (AvgIpc) is 3.18. The summed E-state index contributed by atoms with van der Waals surface area (Å²) in [5, 5.41) is 27.0. The summed E-state index contributed by atoms with van der Waals surface area (Å²) >= 11 is 1.33. The Hall–Kier alpha value is -3.70. The largest absolute Gasteiger partial charge is 0.497 e. The molecule has 0 N–H and O–H groups in total. The van der Waals surface area contributed by atoms with Gasteiger partial charge in [-0.1, -0.05) is 29.8 Å². The van der Waals surface area contributed by atoms with E-state index >= 15 is 0 Å². The number of benzene rings is 2. The molecule has 0 aliphatic heterocycles. The van der Waals surface area contributed by atoms with Gasteiger partial charge < -0.3 is 4.74 Å². The van der Waals surface area contributed by atoms with Crippen molar-refractivity contribution in [1.82, 2.24) is 25.0 Å². The first kappa shape index (κ1) is 18.7. The molecule has 8 heteroatoms. The van der Waals surface area contributed by atoms with Crippen LogP contribution in [0, 0.1) is 18.3 Å². The molecule has 0 spiro atoms. The van der Waals surface area contributed by atoms with Crippen molar-refractivity contribution >= 4 is 11.8 Å². The molecule has 0 bridgehead atoms. The number of hydrogen-bond donors (Lipinski definition) is 0. The molecular formula is C21H16N6OS. The summed E-state index contributed by atoms with van der Waals surface area (Å²) in [6.45, 7) is 2.04. The summed E-state index contributed by atoms with van der Waals surface area (Å²) in [7, 11) is 1.64. The first-order valence-electron chi connectivity index (χ1n) is 8.76. The smallest absolute Gasteiger partial charge is 0.202 e. The van der Waals surface area contributed by atoms with E-state index in [1.54, 1.807) is 19.2 Å². The molecule has 7 nitrogen and oxygen atoms in total. The van der Waals surface area contributed by atoms with Gasteiger partial charge in [-0.3, -0.25) is 4.57 Å². The van der Waals surface area contributed by atoms with Crippen molar-refractivity contribution in [3.05, 3.63) is 71.9 Å². The number of methoxy groups -OCH3 is 1. The molecule has 4 rings (SSSR count). The van der Waals surface area contributed by atoms with Crippen LogP contribution in [0.25, 0.3) is 17.1 Å². The molecular weight excluding hydrogens is 384 g/mol. The predicted octanol–water partition coefficient (Wildman–Crippen LogP) is 4.06.